The van der Waals surface area contributed by atoms with E-state index in [1.165, 1.54) is 25.7 Å². The van der Waals surface area contributed by atoms with Crippen LogP contribution in [0.15, 0.2) is 33.9 Å². The number of aliphatic hydroxyl groups excluding tert-OH is 1. The molecule has 0 saturated carbocycles. The first-order valence-electron chi connectivity index (χ1n) is 7.94. The van der Waals surface area contributed by atoms with Gasteiger partial charge in [0, 0.05) is 31.0 Å². The highest BCUT2D eigenvalue weighted by atomic mass is 16.6. The molecule has 8 nitrogen and oxygen atoms in total. The van der Waals surface area contributed by atoms with E-state index in [4.69, 9.17) is 19.7 Å². The van der Waals surface area contributed by atoms with E-state index in [0.29, 0.717) is 12.0 Å². The predicted octanol–water partition coefficient (Wildman–Crippen LogP) is 2.51. The Hall–Kier alpha value is -2.03. The average Bonchev–Trinajstić information content (AvgIpc) is 2.60. The molecule has 0 fully saturated rings. The predicted molar refractivity (Wildman–Crippen MR) is 99.8 cm³/mol. The molecule has 8 heteroatoms. The molecule has 0 heterocycles. The number of hydrogen-bond donors (Lipinski definition) is 2. The van der Waals surface area contributed by atoms with Crippen molar-refractivity contribution in [2.75, 3.05) is 14.2 Å². The van der Waals surface area contributed by atoms with Crippen LogP contribution >= 0.6 is 0 Å². The summed E-state index contributed by atoms with van der Waals surface area (Å²) < 4.78 is 10.7. The third-order valence-electron chi connectivity index (χ3n) is 3.57. The summed E-state index contributed by atoms with van der Waals surface area (Å²) in [6, 6.07) is 0.0102. The lowest BCUT2D eigenvalue weighted by atomic mass is 10.1. The number of aliphatic hydroxyl groups is 1. The highest BCUT2D eigenvalue weighted by Crippen LogP contribution is 2.17. The molecule has 0 aliphatic heterocycles. The van der Waals surface area contributed by atoms with Crippen molar-refractivity contribution in [3.05, 3.63) is 23.8 Å². The number of nitrogens with zero attached hydrogens (tertiary/aromatic N) is 3. The van der Waals surface area contributed by atoms with Gasteiger partial charge >= 0.3 is 0 Å². The van der Waals surface area contributed by atoms with Crippen LogP contribution in [0.4, 0.5) is 0 Å². The van der Waals surface area contributed by atoms with E-state index >= 15 is 0 Å². The van der Waals surface area contributed by atoms with E-state index in [0.717, 1.165) is 0 Å². The van der Waals surface area contributed by atoms with Gasteiger partial charge in [-0.25, -0.2) is 4.99 Å². The Balaban J connectivity index is 4.85. The summed E-state index contributed by atoms with van der Waals surface area (Å²) in [5, 5.41) is 21.2. The van der Waals surface area contributed by atoms with Gasteiger partial charge in [-0.05, 0) is 47.9 Å². The third kappa shape index (κ3) is 8.57. The molecule has 0 spiro atoms. The Morgan fingerprint density at radius 3 is 2.56 bits per heavy atom. The molecular weight excluding hydrogens is 324 g/mol. The molecule has 3 atom stereocenters. The average molecular weight is 354 g/mol. The molecule has 1 unspecified atom stereocenters. The Bertz CT molecular complexity index is 517. The maximum absolute atomic E-state index is 9.69. The van der Waals surface area contributed by atoms with E-state index in [1.54, 1.807) is 25.8 Å². The van der Waals surface area contributed by atoms with Gasteiger partial charge in [-0.1, -0.05) is 5.16 Å². The van der Waals surface area contributed by atoms with Crippen molar-refractivity contribution in [2.45, 2.75) is 52.7 Å². The number of nitrogens with one attached hydrogen (secondary N) is 1. The quantitative estimate of drug-likeness (QED) is 0.243. The molecule has 0 rings (SSSR count). The normalized spacial score (nSPS) is 16.6. The zero-order valence-electron chi connectivity index (χ0n) is 15.9. The first kappa shape index (κ1) is 23.0. The molecule has 0 aliphatic carbocycles. The minimum atomic E-state index is -0.972. The zero-order chi connectivity index (χ0) is 19.4. The van der Waals surface area contributed by atoms with Gasteiger partial charge in [-0.15, -0.1) is 0 Å². The summed E-state index contributed by atoms with van der Waals surface area (Å²) in [5.74, 6) is 0.281. The number of methoxy groups -OCH3 is 1. The first-order valence-corrected chi connectivity index (χ1v) is 7.94. The van der Waals surface area contributed by atoms with Gasteiger partial charge in [0.1, 0.15) is 6.26 Å². The molecule has 0 radical (unpaired) electrons. The summed E-state index contributed by atoms with van der Waals surface area (Å²) in [5.41, 5.74) is 0.709. The summed E-state index contributed by atoms with van der Waals surface area (Å²) in [7, 11) is 3.20. The van der Waals surface area contributed by atoms with Crippen LogP contribution in [0.2, 0.25) is 0 Å². The number of rotatable bonds is 12. The maximum Gasteiger partial charge on any atom is 0.218 e. The molecule has 25 heavy (non-hydrogen) atoms. The fourth-order valence-electron chi connectivity index (χ4n) is 1.95. The van der Waals surface area contributed by atoms with Gasteiger partial charge in [0.2, 0.25) is 12.3 Å². The molecule has 0 aromatic rings. The standard InChI is InChI=1S/C17H30N4O4/c1-8-20-24-10-9-15(18)14(4)16(19-5)25-13(3)11-12(2)21(6)17(22)23-7/h8-10,12-13,17-18,22H,5,11H2,1-4,6-7H3/b10-9+,16-14+,18-15?,20-8+/t12-,13-,17?/m0/s1. The fourth-order valence-corrected chi connectivity index (χ4v) is 1.95. The lowest BCUT2D eigenvalue weighted by molar-refractivity contribution is -0.181. The van der Waals surface area contributed by atoms with Gasteiger partial charge in [-0.3, -0.25) is 4.90 Å². The summed E-state index contributed by atoms with van der Waals surface area (Å²) in [4.78, 5) is 10.4. The second-order valence-corrected chi connectivity index (χ2v) is 5.51. The number of aliphatic imine (C=N–C) groups is 1. The van der Waals surface area contributed by atoms with Crippen molar-refractivity contribution >= 4 is 18.6 Å². The number of hydrogen-bond acceptors (Lipinski definition) is 8. The summed E-state index contributed by atoms with van der Waals surface area (Å²) >= 11 is 0. The smallest absolute Gasteiger partial charge is 0.218 e. The van der Waals surface area contributed by atoms with Crippen molar-refractivity contribution in [3.63, 3.8) is 0 Å². The van der Waals surface area contributed by atoms with Crippen LogP contribution in [0.5, 0.6) is 0 Å². The first-order chi connectivity index (χ1) is 11.8. The van der Waals surface area contributed by atoms with Crippen LogP contribution in [0.25, 0.3) is 0 Å². The van der Waals surface area contributed by atoms with Crippen LogP contribution in [0.1, 0.15) is 34.1 Å². The topological polar surface area (TPSA) is 99.7 Å². The van der Waals surface area contributed by atoms with Gasteiger partial charge in [0.15, 0.2) is 0 Å². The Morgan fingerprint density at radius 2 is 2.04 bits per heavy atom. The van der Waals surface area contributed by atoms with E-state index in [1.807, 2.05) is 13.8 Å². The molecule has 0 aliphatic rings. The Kier molecular flexibility index (Phi) is 11.3. The minimum absolute atomic E-state index is 0.0102. The highest BCUT2D eigenvalue weighted by molar-refractivity contribution is 6.05. The van der Waals surface area contributed by atoms with E-state index in [9.17, 15) is 5.11 Å². The van der Waals surface area contributed by atoms with Crippen LogP contribution in [0.3, 0.4) is 0 Å². The monoisotopic (exact) mass is 354 g/mol. The molecule has 2 N–H and O–H groups in total. The summed E-state index contributed by atoms with van der Waals surface area (Å²) in [6.45, 7) is 10.8. The molecule has 0 saturated heterocycles. The van der Waals surface area contributed by atoms with Crippen molar-refractivity contribution in [3.8, 4) is 0 Å². The van der Waals surface area contributed by atoms with Gasteiger partial charge in [0.25, 0.3) is 0 Å². The van der Waals surface area contributed by atoms with Gasteiger partial charge < -0.3 is 24.8 Å². The van der Waals surface area contributed by atoms with Gasteiger partial charge in [-0.2, -0.15) is 0 Å². The van der Waals surface area contributed by atoms with E-state index in [2.05, 4.69) is 16.9 Å². The lowest BCUT2D eigenvalue weighted by Gasteiger charge is -2.30. The van der Waals surface area contributed by atoms with Gasteiger partial charge in [0.05, 0.1) is 11.8 Å². The van der Waals surface area contributed by atoms with Crippen molar-refractivity contribution in [1.29, 1.82) is 5.41 Å². The van der Waals surface area contributed by atoms with Crippen molar-refractivity contribution in [2.24, 2.45) is 10.1 Å². The third-order valence-corrected chi connectivity index (χ3v) is 3.57. The lowest BCUT2D eigenvalue weighted by Crippen LogP contribution is -2.41. The maximum atomic E-state index is 9.69. The SMILES string of the molecule is C=N/C(O[C@@H](C)C[C@H](C)N(C)C(O)OC)=C(/C)C(=N)/C=C/O/N=C/C. The van der Waals surface area contributed by atoms with Crippen LogP contribution in [-0.4, -0.2) is 61.4 Å². The second-order valence-electron chi connectivity index (χ2n) is 5.51. The van der Waals surface area contributed by atoms with Crippen molar-refractivity contribution < 1.29 is 19.4 Å². The molecule has 0 aromatic heterocycles. The largest absolute Gasteiger partial charge is 0.474 e. The van der Waals surface area contributed by atoms with E-state index < -0.39 is 6.41 Å². The van der Waals surface area contributed by atoms with Crippen LogP contribution in [-0.2, 0) is 14.3 Å². The number of oxime groups is 1. The van der Waals surface area contributed by atoms with E-state index in [-0.39, 0.29) is 23.7 Å². The fraction of sp³-hybridized carbons (Fsp3) is 0.588. The van der Waals surface area contributed by atoms with Crippen molar-refractivity contribution in [1.82, 2.24) is 4.90 Å². The molecule has 0 aromatic carbocycles. The molecular formula is C17H30N4O4. The molecule has 142 valence electrons. The Labute approximate surface area is 150 Å². The second kappa shape index (κ2) is 12.3. The van der Waals surface area contributed by atoms with Crippen LogP contribution in [0, 0.1) is 5.41 Å². The highest BCUT2D eigenvalue weighted by Gasteiger charge is 2.20. The number of allylic oxidation sites excluding steroid dienone is 2. The zero-order valence-corrected chi connectivity index (χ0v) is 15.9. The minimum Gasteiger partial charge on any atom is -0.474 e. The molecule has 0 bridgehead atoms. The number of ether oxygens (including phenoxy) is 2. The Morgan fingerprint density at radius 1 is 1.40 bits per heavy atom. The van der Waals surface area contributed by atoms with Crippen LogP contribution < -0.4 is 0 Å². The molecule has 0 amide bonds. The summed E-state index contributed by atoms with van der Waals surface area (Å²) in [6.07, 6.45) is 3.71.